The lowest BCUT2D eigenvalue weighted by molar-refractivity contribution is 0.481. The van der Waals surface area contributed by atoms with Crippen LogP contribution in [-0.4, -0.2) is 33.8 Å². The van der Waals surface area contributed by atoms with E-state index in [-0.39, 0.29) is 0 Å². The van der Waals surface area contributed by atoms with Crippen LogP contribution in [0.1, 0.15) is 43.7 Å². The lowest BCUT2D eigenvalue weighted by Crippen LogP contribution is -2.38. The first-order chi connectivity index (χ1) is 14.7. The van der Waals surface area contributed by atoms with Crippen molar-refractivity contribution in [2.24, 2.45) is 0 Å². The van der Waals surface area contributed by atoms with Gasteiger partial charge in [0, 0.05) is 18.0 Å². The molecule has 4 aromatic heterocycles. The Labute approximate surface area is 183 Å². The Morgan fingerprint density at radius 1 is 1.13 bits per heavy atom. The van der Waals surface area contributed by atoms with Crippen molar-refractivity contribution in [2.45, 2.75) is 56.6 Å². The second-order valence-corrected chi connectivity index (χ2v) is 10.1. The van der Waals surface area contributed by atoms with Gasteiger partial charge in [0.1, 0.15) is 10.5 Å². The first-order valence-electron chi connectivity index (χ1n) is 10.7. The van der Waals surface area contributed by atoms with E-state index in [1.165, 1.54) is 40.5 Å². The SMILES string of the molecule is CSc1nc(N2CCCCC2C)c2sc3nc(-c4ccco4)c4c(c3c2n1)CCC4. The molecule has 1 aliphatic heterocycles. The van der Waals surface area contributed by atoms with E-state index < -0.39 is 0 Å². The van der Waals surface area contributed by atoms with Crippen LogP contribution in [0.15, 0.2) is 28.0 Å². The fourth-order valence-electron chi connectivity index (χ4n) is 5.05. The number of rotatable bonds is 3. The Balaban J connectivity index is 1.66. The van der Waals surface area contributed by atoms with E-state index in [1.807, 2.05) is 12.1 Å². The highest BCUT2D eigenvalue weighted by molar-refractivity contribution is 7.98. The van der Waals surface area contributed by atoms with E-state index in [2.05, 4.69) is 18.1 Å². The summed E-state index contributed by atoms with van der Waals surface area (Å²) >= 11 is 3.38. The maximum absolute atomic E-state index is 5.74. The number of nitrogens with zero attached hydrogens (tertiary/aromatic N) is 4. The molecular weight excluding hydrogens is 412 g/mol. The van der Waals surface area contributed by atoms with E-state index in [4.69, 9.17) is 19.4 Å². The number of aryl methyl sites for hydroxylation is 1. The summed E-state index contributed by atoms with van der Waals surface area (Å²) in [6.07, 6.45) is 10.9. The summed E-state index contributed by atoms with van der Waals surface area (Å²) in [4.78, 5) is 18.7. The molecule has 1 fully saturated rings. The monoisotopic (exact) mass is 436 g/mol. The van der Waals surface area contributed by atoms with E-state index in [1.54, 1.807) is 29.4 Å². The Hall–Kier alpha value is -2.12. The average Bonchev–Trinajstić information content (AvgIpc) is 3.51. The van der Waals surface area contributed by atoms with Crippen LogP contribution in [0.5, 0.6) is 0 Å². The van der Waals surface area contributed by atoms with Gasteiger partial charge in [0.15, 0.2) is 16.7 Å². The zero-order valence-electron chi connectivity index (χ0n) is 17.3. The third kappa shape index (κ3) is 2.78. The molecule has 0 saturated carbocycles. The third-order valence-corrected chi connectivity index (χ3v) is 8.12. The molecule has 1 saturated heterocycles. The molecule has 154 valence electrons. The molecule has 6 rings (SSSR count). The van der Waals surface area contributed by atoms with Crippen molar-refractivity contribution in [3.05, 3.63) is 29.5 Å². The van der Waals surface area contributed by atoms with Gasteiger partial charge in [-0.2, -0.15) is 0 Å². The van der Waals surface area contributed by atoms with E-state index >= 15 is 0 Å². The standard InChI is InChI=1S/C23H24N4OS2/c1-13-7-3-4-11-27(13)21-20-19(25-23(26-21)29-2)17-14-8-5-9-15(14)18(24-22(17)30-20)16-10-6-12-28-16/h6,10,12-13H,3-5,7-9,11H2,1-2H3. The van der Waals surface area contributed by atoms with Gasteiger partial charge in [-0.15, -0.1) is 11.3 Å². The Bertz CT molecular complexity index is 1250. The maximum Gasteiger partial charge on any atom is 0.189 e. The summed E-state index contributed by atoms with van der Waals surface area (Å²) in [5.41, 5.74) is 4.87. The number of piperidine rings is 1. The fourth-order valence-corrected chi connectivity index (χ4v) is 6.56. The van der Waals surface area contributed by atoms with Gasteiger partial charge in [-0.05, 0) is 75.0 Å². The Morgan fingerprint density at radius 3 is 2.83 bits per heavy atom. The van der Waals surface area contributed by atoms with Gasteiger partial charge in [-0.1, -0.05) is 11.8 Å². The minimum atomic E-state index is 0.508. The number of pyridine rings is 1. The fraction of sp³-hybridized carbons (Fsp3) is 0.435. The van der Waals surface area contributed by atoms with Crippen molar-refractivity contribution in [1.82, 2.24) is 15.0 Å². The van der Waals surface area contributed by atoms with Crippen LogP contribution in [-0.2, 0) is 12.8 Å². The van der Waals surface area contributed by atoms with Crippen molar-refractivity contribution in [3.8, 4) is 11.5 Å². The molecule has 0 aromatic carbocycles. The number of hydrogen-bond donors (Lipinski definition) is 0. The molecule has 7 heteroatoms. The molecule has 2 aliphatic rings. The van der Waals surface area contributed by atoms with E-state index in [0.29, 0.717) is 6.04 Å². The zero-order chi connectivity index (χ0) is 20.2. The maximum atomic E-state index is 5.74. The predicted molar refractivity (Wildman–Crippen MR) is 125 cm³/mol. The van der Waals surface area contributed by atoms with Gasteiger partial charge in [0.25, 0.3) is 0 Å². The predicted octanol–water partition coefficient (Wildman–Crippen LogP) is 6.09. The lowest BCUT2D eigenvalue weighted by Gasteiger charge is -2.34. The van der Waals surface area contributed by atoms with Crippen molar-refractivity contribution in [1.29, 1.82) is 0 Å². The van der Waals surface area contributed by atoms with Gasteiger partial charge >= 0.3 is 0 Å². The van der Waals surface area contributed by atoms with Crippen LogP contribution in [0, 0.1) is 0 Å². The van der Waals surface area contributed by atoms with Crippen molar-refractivity contribution < 1.29 is 4.42 Å². The minimum Gasteiger partial charge on any atom is -0.463 e. The van der Waals surface area contributed by atoms with Crippen LogP contribution >= 0.6 is 23.1 Å². The molecule has 1 aliphatic carbocycles. The quantitative estimate of drug-likeness (QED) is 0.286. The van der Waals surface area contributed by atoms with Gasteiger partial charge < -0.3 is 9.32 Å². The number of anilines is 1. The molecule has 1 atom stereocenters. The van der Waals surface area contributed by atoms with Gasteiger partial charge in [0.2, 0.25) is 0 Å². The van der Waals surface area contributed by atoms with Crippen LogP contribution in [0.4, 0.5) is 5.82 Å². The summed E-state index contributed by atoms with van der Waals surface area (Å²) in [7, 11) is 0. The minimum absolute atomic E-state index is 0.508. The number of thioether (sulfide) groups is 1. The summed E-state index contributed by atoms with van der Waals surface area (Å²) in [6.45, 7) is 3.39. The van der Waals surface area contributed by atoms with E-state index in [9.17, 15) is 0 Å². The molecule has 0 spiro atoms. The van der Waals surface area contributed by atoms with Crippen LogP contribution in [0.3, 0.4) is 0 Å². The van der Waals surface area contributed by atoms with Crippen molar-refractivity contribution >= 4 is 49.3 Å². The number of fused-ring (bicyclic) bond motifs is 5. The van der Waals surface area contributed by atoms with Crippen LogP contribution in [0.25, 0.3) is 31.9 Å². The highest BCUT2D eigenvalue weighted by atomic mass is 32.2. The second-order valence-electron chi connectivity index (χ2n) is 8.28. The van der Waals surface area contributed by atoms with Crippen molar-refractivity contribution in [2.75, 3.05) is 17.7 Å². The van der Waals surface area contributed by atoms with Gasteiger partial charge in [-0.3, -0.25) is 0 Å². The molecule has 1 unspecified atom stereocenters. The lowest BCUT2D eigenvalue weighted by atomic mass is 10.0. The van der Waals surface area contributed by atoms with Gasteiger partial charge in [-0.25, -0.2) is 15.0 Å². The third-order valence-electron chi connectivity index (χ3n) is 6.51. The molecule has 0 amide bonds. The summed E-state index contributed by atoms with van der Waals surface area (Å²) in [5.74, 6) is 1.97. The summed E-state index contributed by atoms with van der Waals surface area (Å²) < 4.78 is 6.93. The number of aromatic nitrogens is 3. The van der Waals surface area contributed by atoms with Crippen molar-refractivity contribution in [3.63, 3.8) is 0 Å². The number of furan rings is 1. The molecule has 0 bridgehead atoms. The molecule has 0 N–H and O–H groups in total. The molecule has 4 aromatic rings. The molecular formula is C23H24N4OS2. The first kappa shape index (κ1) is 18.6. The molecule has 0 radical (unpaired) electrons. The number of thiophene rings is 1. The van der Waals surface area contributed by atoms with Gasteiger partial charge in [0.05, 0.1) is 16.5 Å². The average molecular weight is 437 g/mol. The Kier molecular flexibility index (Phi) is 4.49. The smallest absolute Gasteiger partial charge is 0.189 e. The molecule has 30 heavy (non-hydrogen) atoms. The van der Waals surface area contributed by atoms with Crippen LogP contribution in [0.2, 0.25) is 0 Å². The molecule has 5 nitrogen and oxygen atoms in total. The molecule has 5 heterocycles. The zero-order valence-corrected chi connectivity index (χ0v) is 18.9. The van der Waals surface area contributed by atoms with Crippen LogP contribution < -0.4 is 4.90 Å². The normalized spacial score (nSPS) is 19.1. The highest BCUT2D eigenvalue weighted by Crippen LogP contribution is 2.45. The largest absolute Gasteiger partial charge is 0.463 e. The summed E-state index contributed by atoms with van der Waals surface area (Å²) in [6, 6.07) is 4.47. The first-order valence-corrected chi connectivity index (χ1v) is 12.8. The summed E-state index contributed by atoms with van der Waals surface area (Å²) in [5, 5.41) is 2.11. The van der Waals surface area contributed by atoms with E-state index in [0.717, 1.165) is 58.6 Å². The Morgan fingerprint density at radius 2 is 2.03 bits per heavy atom. The topological polar surface area (TPSA) is 55.1 Å². The number of hydrogen-bond acceptors (Lipinski definition) is 7. The highest BCUT2D eigenvalue weighted by Gasteiger charge is 2.29. The second kappa shape index (κ2) is 7.24.